The van der Waals surface area contributed by atoms with Crippen LogP contribution in [0.4, 0.5) is 0 Å². The topological polar surface area (TPSA) is 41.5 Å². The lowest BCUT2D eigenvalue weighted by molar-refractivity contribution is 0.102. The molecule has 0 aromatic heterocycles. The summed E-state index contributed by atoms with van der Waals surface area (Å²) < 4.78 is 5.60. The Labute approximate surface area is 122 Å². The van der Waals surface area contributed by atoms with Crippen LogP contribution < -0.4 is 5.32 Å². The second-order valence-corrected chi connectivity index (χ2v) is 6.00. The van der Waals surface area contributed by atoms with Crippen molar-refractivity contribution in [2.45, 2.75) is 52.1 Å². The molecule has 2 unspecified atom stereocenters. The molecule has 2 N–H and O–H groups in total. The van der Waals surface area contributed by atoms with Gasteiger partial charge in [-0.2, -0.15) is 0 Å². The van der Waals surface area contributed by atoms with Crippen LogP contribution in [0.3, 0.4) is 0 Å². The zero-order chi connectivity index (χ0) is 14.5. The fraction of sp³-hybridized carbons (Fsp3) is 0.647. The van der Waals surface area contributed by atoms with Crippen molar-refractivity contribution in [2.75, 3.05) is 13.2 Å². The molecule has 1 aromatic carbocycles. The minimum Gasteiger partial charge on any atom is -0.508 e. The Kier molecular flexibility index (Phi) is 5.44. The molecule has 0 saturated carbocycles. The second kappa shape index (κ2) is 7.09. The first-order valence-corrected chi connectivity index (χ1v) is 7.77. The van der Waals surface area contributed by atoms with Crippen LogP contribution in [0.2, 0.25) is 0 Å². The Hall–Kier alpha value is -1.06. The molecule has 20 heavy (non-hydrogen) atoms. The number of benzene rings is 1. The largest absolute Gasteiger partial charge is 0.508 e. The molecule has 2 atom stereocenters. The molecular formula is C17H27NO2. The first-order chi connectivity index (χ1) is 9.61. The summed E-state index contributed by atoms with van der Waals surface area (Å²) in [5.74, 6) is 0.896. The van der Waals surface area contributed by atoms with E-state index in [9.17, 15) is 5.11 Å². The maximum Gasteiger partial charge on any atom is 0.115 e. The molecule has 0 saturated heterocycles. The van der Waals surface area contributed by atoms with Crippen LogP contribution in [0, 0.1) is 5.92 Å². The van der Waals surface area contributed by atoms with Gasteiger partial charge in [0.05, 0.1) is 6.61 Å². The summed E-state index contributed by atoms with van der Waals surface area (Å²) in [6.45, 7) is 7.99. The Morgan fingerprint density at radius 1 is 1.40 bits per heavy atom. The average molecular weight is 277 g/mol. The van der Waals surface area contributed by atoms with Crippen molar-refractivity contribution in [1.29, 1.82) is 0 Å². The van der Waals surface area contributed by atoms with E-state index in [2.05, 4.69) is 25.2 Å². The zero-order valence-corrected chi connectivity index (χ0v) is 12.9. The van der Waals surface area contributed by atoms with E-state index in [-0.39, 0.29) is 0 Å². The first-order valence-electron chi connectivity index (χ1n) is 7.77. The van der Waals surface area contributed by atoms with E-state index in [1.807, 2.05) is 13.0 Å². The summed E-state index contributed by atoms with van der Waals surface area (Å²) in [5.41, 5.74) is 2.63. The highest BCUT2D eigenvalue weighted by Crippen LogP contribution is 2.32. The first kappa shape index (κ1) is 15.3. The van der Waals surface area contributed by atoms with Gasteiger partial charge in [-0.15, -0.1) is 0 Å². The molecule has 1 aliphatic rings. The highest BCUT2D eigenvalue weighted by Gasteiger charge is 2.24. The second-order valence-electron chi connectivity index (χ2n) is 6.00. The maximum atomic E-state index is 9.74. The maximum absolute atomic E-state index is 9.74. The smallest absolute Gasteiger partial charge is 0.115 e. The van der Waals surface area contributed by atoms with Gasteiger partial charge in [-0.1, -0.05) is 19.9 Å². The third-order valence-electron chi connectivity index (χ3n) is 4.17. The van der Waals surface area contributed by atoms with E-state index in [1.165, 1.54) is 17.5 Å². The van der Waals surface area contributed by atoms with Crippen molar-refractivity contribution in [3.63, 3.8) is 0 Å². The lowest BCUT2D eigenvalue weighted by atomic mass is 9.86. The van der Waals surface area contributed by atoms with E-state index < -0.39 is 0 Å². The fourth-order valence-electron chi connectivity index (χ4n) is 2.90. The Balaban J connectivity index is 2.11. The Morgan fingerprint density at radius 3 is 2.90 bits per heavy atom. The number of aromatic hydroxyl groups is 1. The van der Waals surface area contributed by atoms with Gasteiger partial charge in [0, 0.05) is 18.7 Å². The number of aryl methyl sites for hydroxylation is 1. The molecule has 0 spiro atoms. The van der Waals surface area contributed by atoms with Gasteiger partial charge in [0.25, 0.3) is 0 Å². The summed E-state index contributed by atoms with van der Waals surface area (Å²) in [5, 5.41) is 13.5. The van der Waals surface area contributed by atoms with Crippen molar-refractivity contribution in [1.82, 2.24) is 5.32 Å². The number of phenols is 1. The van der Waals surface area contributed by atoms with Gasteiger partial charge >= 0.3 is 0 Å². The number of rotatable bonds is 6. The van der Waals surface area contributed by atoms with Crippen LogP contribution >= 0.6 is 0 Å². The molecule has 3 heteroatoms. The summed E-state index contributed by atoms with van der Waals surface area (Å²) >= 11 is 0. The normalized spacial score (nSPS) is 19.9. The van der Waals surface area contributed by atoms with Crippen LogP contribution in [-0.4, -0.2) is 24.4 Å². The van der Waals surface area contributed by atoms with Crippen molar-refractivity contribution >= 4 is 0 Å². The van der Waals surface area contributed by atoms with Gasteiger partial charge in [-0.25, -0.2) is 0 Å². The van der Waals surface area contributed by atoms with Gasteiger partial charge in [-0.3, -0.25) is 0 Å². The number of hydrogen-bond acceptors (Lipinski definition) is 3. The van der Waals surface area contributed by atoms with E-state index in [0.29, 0.717) is 23.8 Å². The summed E-state index contributed by atoms with van der Waals surface area (Å²) in [6.07, 6.45) is 3.45. The Bertz CT molecular complexity index is 431. The molecule has 1 aromatic rings. The highest BCUT2D eigenvalue weighted by atomic mass is 16.5. The van der Waals surface area contributed by atoms with E-state index >= 15 is 0 Å². The summed E-state index contributed by atoms with van der Waals surface area (Å²) in [6, 6.07) is 6.46. The molecule has 3 nitrogen and oxygen atoms in total. The third kappa shape index (κ3) is 3.74. The van der Waals surface area contributed by atoms with E-state index in [4.69, 9.17) is 4.74 Å². The zero-order valence-electron chi connectivity index (χ0n) is 12.9. The van der Waals surface area contributed by atoms with Crippen LogP contribution in [-0.2, 0) is 11.2 Å². The Morgan fingerprint density at radius 2 is 2.20 bits per heavy atom. The van der Waals surface area contributed by atoms with Crippen LogP contribution in [0.25, 0.3) is 0 Å². The van der Waals surface area contributed by atoms with Crippen LogP contribution in [0.1, 0.15) is 50.8 Å². The fourth-order valence-corrected chi connectivity index (χ4v) is 2.90. The van der Waals surface area contributed by atoms with E-state index in [0.717, 1.165) is 26.1 Å². The number of phenolic OH excluding ortho intramolecular Hbond substituents is 1. The minimum atomic E-state index is 0.332. The molecule has 0 amide bonds. The number of fused-ring (bicyclic) bond motifs is 1. The average Bonchev–Trinajstić information content (AvgIpc) is 2.43. The monoisotopic (exact) mass is 277 g/mol. The minimum absolute atomic E-state index is 0.332. The number of ether oxygens (including phenoxy) is 1. The molecule has 0 bridgehead atoms. The highest BCUT2D eigenvalue weighted by molar-refractivity contribution is 5.38. The van der Waals surface area contributed by atoms with Crippen molar-refractivity contribution in [3.05, 3.63) is 29.3 Å². The molecule has 0 heterocycles. The SMILES string of the molecule is CCOCC(NC1CCCc2ccc(O)cc21)C(C)C. The van der Waals surface area contributed by atoms with Crippen LogP contribution in [0.15, 0.2) is 18.2 Å². The molecular weight excluding hydrogens is 250 g/mol. The van der Waals surface area contributed by atoms with Crippen molar-refractivity contribution in [2.24, 2.45) is 5.92 Å². The van der Waals surface area contributed by atoms with Crippen molar-refractivity contribution < 1.29 is 9.84 Å². The molecule has 0 fully saturated rings. The van der Waals surface area contributed by atoms with Crippen LogP contribution in [0.5, 0.6) is 5.75 Å². The molecule has 0 aliphatic heterocycles. The molecule has 2 rings (SSSR count). The standard InChI is InChI=1S/C17H27NO2/c1-4-20-11-17(12(2)3)18-16-7-5-6-13-8-9-14(19)10-15(13)16/h8-10,12,16-19H,4-7,11H2,1-3H3. The number of nitrogens with one attached hydrogen (secondary N) is 1. The third-order valence-corrected chi connectivity index (χ3v) is 4.17. The summed E-state index contributed by atoms with van der Waals surface area (Å²) in [7, 11) is 0. The summed E-state index contributed by atoms with van der Waals surface area (Å²) in [4.78, 5) is 0. The molecule has 0 radical (unpaired) electrons. The lowest BCUT2D eigenvalue weighted by Gasteiger charge is -2.32. The molecule has 1 aliphatic carbocycles. The van der Waals surface area contributed by atoms with Gasteiger partial charge in [0.2, 0.25) is 0 Å². The molecule has 112 valence electrons. The lowest BCUT2D eigenvalue weighted by Crippen LogP contribution is -2.41. The number of hydrogen-bond donors (Lipinski definition) is 2. The quantitative estimate of drug-likeness (QED) is 0.837. The van der Waals surface area contributed by atoms with Gasteiger partial charge < -0.3 is 15.2 Å². The predicted octanol–water partition coefficient (Wildman–Crippen LogP) is 3.42. The van der Waals surface area contributed by atoms with E-state index in [1.54, 1.807) is 6.07 Å². The predicted molar refractivity (Wildman–Crippen MR) is 82.0 cm³/mol. The van der Waals surface area contributed by atoms with Gasteiger partial charge in [0.1, 0.15) is 5.75 Å². The van der Waals surface area contributed by atoms with Crippen molar-refractivity contribution in [3.8, 4) is 5.75 Å². The van der Waals surface area contributed by atoms with Gasteiger partial charge in [0.15, 0.2) is 0 Å². The van der Waals surface area contributed by atoms with Gasteiger partial charge in [-0.05, 0) is 55.4 Å².